The molecule has 0 saturated carbocycles. The highest BCUT2D eigenvalue weighted by molar-refractivity contribution is 5.79. The van der Waals surface area contributed by atoms with Crippen molar-refractivity contribution < 1.29 is 18.8 Å². The first kappa shape index (κ1) is 15.9. The average molecular weight is 343 g/mol. The Bertz CT molecular complexity index is 786. The minimum atomic E-state index is -0.00995. The Hall–Kier alpha value is -2.57. The molecule has 132 valence electrons. The Morgan fingerprint density at radius 1 is 1.28 bits per heavy atom. The SMILES string of the molecule is CC(C)CN1CC(c2nc(Cc3ccc4c(c3)OCO4)no2)CC1=O. The van der Waals surface area contributed by atoms with E-state index in [2.05, 4.69) is 24.0 Å². The van der Waals surface area contributed by atoms with Gasteiger partial charge < -0.3 is 18.9 Å². The maximum Gasteiger partial charge on any atom is 0.232 e. The van der Waals surface area contributed by atoms with Crippen LogP contribution in [0.25, 0.3) is 0 Å². The van der Waals surface area contributed by atoms with Gasteiger partial charge in [-0.2, -0.15) is 4.98 Å². The van der Waals surface area contributed by atoms with Crippen LogP contribution in [-0.4, -0.2) is 40.8 Å². The molecule has 1 atom stereocenters. The number of likely N-dealkylation sites (tertiary alicyclic amines) is 1. The largest absolute Gasteiger partial charge is 0.454 e. The van der Waals surface area contributed by atoms with Crippen molar-refractivity contribution in [1.29, 1.82) is 0 Å². The van der Waals surface area contributed by atoms with E-state index in [1.807, 2.05) is 23.1 Å². The van der Waals surface area contributed by atoms with E-state index in [0.717, 1.165) is 23.6 Å². The van der Waals surface area contributed by atoms with Gasteiger partial charge in [-0.25, -0.2) is 0 Å². The lowest BCUT2D eigenvalue weighted by Gasteiger charge is -2.18. The highest BCUT2D eigenvalue weighted by Crippen LogP contribution is 2.33. The van der Waals surface area contributed by atoms with Gasteiger partial charge in [-0.3, -0.25) is 4.79 Å². The zero-order valence-corrected chi connectivity index (χ0v) is 14.4. The molecule has 3 heterocycles. The Labute approximate surface area is 145 Å². The fraction of sp³-hybridized carbons (Fsp3) is 0.500. The molecule has 0 aliphatic carbocycles. The lowest BCUT2D eigenvalue weighted by Crippen LogP contribution is -2.29. The summed E-state index contributed by atoms with van der Waals surface area (Å²) in [5.41, 5.74) is 1.03. The number of ether oxygens (including phenoxy) is 2. The molecule has 2 aromatic rings. The maximum atomic E-state index is 12.1. The third kappa shape index (κ3) is 3.31. The minimum absolute atomic E-state index is 0.00995. The summed E-state index contributed by atoms with van der Waals surface area (Å²) in [6.45, 7) is 5.90. The van der Waals surface area contributed by atoms with Crippen LogP contribution in [0.5, 0.6) is 11.5 Å². The Balaban J connectivity index is 1.43. The van der Waals surface area contributed by atoms with Gasteiger partial charge in [0.05, 0.1) is 5.92 Å². The predicted octanol–water partition coefficient (Wildman–Crippen LogP) is 2.36. The number of rotatable bonds is 5. The summed E-state index contributed by atoms with van der Waals surface area (Å²) < 4.78 is 16.1. The summed E-state index contributed by atoms with van der Waals surface area (Å²) in [6, 6.07) is 5.78. The molecule has 0 radical (unpaired) electrons. The highest BCUT2D eigenvalue weighted by Gasteiger charge is 2.34. The number of carbonyl (C=O) groups is 1. The number of aromatic nitrogens is 2. The molecule has 2 aliphatic heterocycles. The van der Waals surface area contributed by atoms with Crippen molar-refractivity contribution in [3.05, 3.63) is 35.5 Å². The number of fused-ring (bicyclic) bond motifs is 1. The van der Waals surface area contributed by atoms with Crippen LogP contribution in [0.3, 0.4) is 0 Å². The third-order valence-corrected chi connectivity index (χ3v) is 4.43. The third-order valence-electron chi connectivity index (χ3n) is 4.43. The van der Waals surface area contributed by atoms with E-state index in [-0.39, 0.29) is 18.6 Å². The Morgan fingerprint density at radius 3 is 2.96 bits per heavy atom. The van der Waals surface area contributed by atoms with E-state index >= 15 is 0 Å². The second-order valence-electron chi connectivity index (χ2n) is 7.01. The maximum absolute atomic E-state index is 12.1. The summed E-state index contributed by atoms with van der Waals surface area (Å²) in [7, 11) is 0. The van der Waals surface area contributed by atoms with Gasteiger partial charge in [0, 0.05) is 25.9 Å². The zero-order chi connectivity index (χ0) is 17.4. The van der Waals surface area contributed by atoms with E-state index in [0.29, 0.717) is 37.0 Å². The van der Waals surface area contributed by atoms with Gasteiger partial charge in [0.1, 0.15) is 0 Å². The molecule has 4 rings (SSSR count). The first-order valence-electron chi connectivity index (χ1n) is 8.57. The van der Waals surface area contributed by atoms with Gasteiger partial charge >= 0.3 is 0 Å². The molecule has 0 spiro atoms. The molecular formula is C18H21N3O4. The second-order valence-corrected chi connectivity index (χ2v) is 7.01. The number of hydrogen-bond donors (Lipinski definition) is 0. The smallest absolute Gasteiger partial charge is 0.232 e. The molecule has 7 nitrogen and oxygen atoms in total. The van der Waals surface area contributed by atoms with Crippen molar-refractivity contribution in [3.8, 4) is 11.5 Å². The first-order valence-corrected chi connectivity index (χ1v) is 8.57. The Morgan fingerprint density at radius 2 is 2.12 bits per heavy atom. The number of hydrogen-bond acceptors (Lipinski definition) is 6. The molecule has 1 amide bonds. The van der Waals surface area contributed by atoms with Crippen LogP contribution in [0.2, 0.25) is 0 Å². The second kappa shape index (κ2) is 6.38. The quantitative estimate of drug-likeness (QED) is 0.829. The van der Waals surface area contributed by atoms with Gasteiger partial charge in [-0.05, 0) is 23.6 Å². The van der Waals surface area contributed by atoms with Crippen molar-refractivity contribution in [2.24, 2.45) is 5.92 Å². The number of nitrogens with zero attached hydrogens (tertiary/aromatic N) is 3. The molecule has 1 aromatic heterocycles. The fourth-order valence-electron chi connectivity index (χ4n) is 3.29. The van der Waals surface area contributed by atoms with E-state index < -0.39 is 0 Å². The van der Waals surface area contributed by atoms with Gasteiger partial charge in [0.15, 0.2) is 17.3 Å². The molecule has 1 saturated heterocycles. The van der Waals surface area contributed by atoms with E-state index in [1.165, 1.54) is 0 Å². The van der Waals surface area contributed by atoms with Crippen LogP contribution in [0, 0.1) is 5.92 Å². The van der Waals surface area contributed by atoms with Crippen LogP contribution in [0.1, 0.15) is 43.5 Å². The van der Waals surface area contributed by atoms with Crippen LogP contribution in [-0.2, 0) is 11.2 Å². The monoisotopic (exact) mass is 343 g/mol. The summed E-state index contributed by atoms with van der Waals surface area (Å²) >= 11 is 0. The van der Waals surface area contributed by atoms with Crippen LogP contribution >= 0.6 is 0 Å². The Kier molecular flexibility index (Phi) is 4.07. The molecule has 1 unspecified atom stereocenters. The fourth-order valence-corrected chi connectivity index (χ4v) is 3.29. The van der Waals surface area contributed by atoms with Crippen molar-refractivity contribution in [2.75, 3.05) is 19.9 Å². The first-order chi connectivity index (χ1) is 12.1. The van der Waals surface area contributed by atoms with Crippen molar-refractivity contribution in [2.45, 2.75) is 32.6 Å². The average Bonchev–Trinajstić information content (AvgIpc) is 3.27. The van der Waals surface area contributed by atoms with E-state index in [9.17, 15) is 4.79 Å². The van der Waals surface area contributed by atoms with Crippen LogP contribution in [0.15, 0.2) is 22.7 Å². The van der Waals surface area contributed by atoms with Gasteiger partial charge in [-0.15, -0.1) is 0 Å². The number of benzene rings is 1. The molecular weight excluding hydrogens is 322 g/mol. The normalized spacial score (nSPS) is 19.2. The van der Waals surface area contributed by atoms with Crippen molar-refractivity contribution in [3.63, 3.8) is 0 Å². The van der Waals surface area contributed by atoms with Crippen molar-refractivity contribution >= 4 is 5.91 Å². The van der Waals surface area contributed by atoms with Crippen LogP contribution in [0.4, 0.5) is 0 Å². The summed E-state index contributed by atoms with van der Waals surface area (Å²) in [6.07, 6.45) is 0.995. The van der Waals surface area contributed by atoms with Gasteiger partial charge in [0.25, 0.3) is 0 Å². The highest BCUT2D eigenvalue weighted by atomic mass is 16.7. The summed E-state index contributed by atoms with van der Waals surface area (Å²) in [5, 5.41) is 4.07. The molecule has 1 fully saturated rings. The molecule has 25 heavy (non-hydrogen) atoms. The van der Waals surface area contributed by atoms with E-state index in [4.69, 9.17) is 14.0 Å². The van der Waals surface area contributed by atoms with E-state index in [1.54, 1.807) is 0 Å². The lowest BCUT2D eigenvalue weighted by molar-refractivity contribution is -0.128. The topological polar surface area (TPSA) is 77.7 Å². The van der Waals surface area contributed by atoms with Crippen LogP contribution < -0.4 is 9.47 Å². The molecule has 0 bridgehead atoms. The molecule has 1 aromatic carbocycles. The van der Waals surface area contributed by atoms with Gasteiger partial charge in [-0.1, -0.05) is 25.1 Å². The summed E-state index contributed by atoms with van der Waals surface area (Å²) in [4.78, 5) is 18.5. The number of amides is 1. The lowest BCUT2D eigenvalue weighted by atomic mass is 10.1. The standard InChI is InChI=1S/C18H21N3O4/c1-11(2)8-21-9-13(7-17(21)22)18-19-16(20-25-18)6-12-3-4-14-15(5-12)24-10-23-14/h3-5,11,13H,6-10H2,1-2H3. The molecule has 0 N–H and O–H groups in total. The summed E-state index contributed by atoms with van der Waals surface area (Å²) in [5.74, 6) is 3.27. The molecule has 2 aliphatic rings. The predicted molar refractivity (Wildman–Crippen MR) is 88.4 cm³/mol. The zero-order valence-electron chi connectivity index (χ0n) is 14.4. The van der Waals surface area contributed by atoms with Crippen molar-refractivity contribution in [1.82, 2.24) is 15.0 Å². The molecule has 7 heteroatoms. The van der Waals surface area contributed by atoms with Gasteiger partial charge in [0.2, 0.25) is 18.6 Å². The number of carbonyl (C=O) groups excluding carboxylic acids is 1. The minimum Gasteiger partial charge on any atom is -0.454 e.